The number of carbonyl (C=O) groups excluding carboxylic acids is 6. The molecule has 2 aromatic carbocycles. The van der Waals surface area contributed by atoms with Gasteiger partial charge in [-0.15, -0.1) is 0 Å². The predicted octanol–water partition coefficient (Wildman–Crippen LogP) is 3.87. The van der Waals surface area contributed by atoms with Crippen LogP contribution in [0.3, 0.4) is 0 Å². The average molecular weight is 605 g/mol. The summed E-state index contributed by atoms with van der Waals surface area (Å²) in [6.45, 7) is 0.789. The highest BCUT2D eigenvalue weighted by Crippen LogP contribution is 2.32. The van der Waals surface area contributed by atoms with E-state index >= 15 is 0 Å². The molecule has 0 aliphatic carbocycles. The number of hydrogen-bond donors (Lipinski definition) is 3. The van der Waals surface area contributed by atoms with Crippen molar-refractivity contribution < 1.29 is 33.5 Å². The molecule has 1 saturated heterocycles. The van der Waals surface area contributed by atoms with Gasteiger partial charge in [0.2, 0.25) is 17.7 Å². The number of nitrogens with one attached hydrogen (secondary N) is 3. The maximum absolute atomic E-state index is 13.1. The summed E-state index contributed by atoms with van der Waals surface area (Å²) in [5, 5.41) is 8.00. The molecule has 0 spiro atoms. The van der Waals surface area contributed by atoms with Crippen LogP contribution in [0.15, 0.2) is 48.5 Å². The van der Waals surface area contributed by atoms with Crippen molar-refractivity contribution in [2.75, 3.05) is 18.4 Å². The maximum Gasteiger partial charge on any atom is 0.306 e. The second-order valence-electron chi connectivity index (χ2n) is 11.1. The number of nitrogens with zero attached hydrogens (tertiary/aromatic N) is 1. The van der Waals surface area contributed by atoms with Crippen LogP contribution in [-0.4, -0.2) is 59.5 Å². The third-order valence-electron chi connectivity index (χ3n) is 7.78. The Morgan fingerprint density at radius 3 is 2.27 bits per heavy atom. The molecule has 0 aromatic heterocycles. The van der Waals surface area contributed by atoms with Crippen LogP contribution in [0.4, 0.5) is 5.69 Å². The van der Waals surface area contributed by atoms with Crippen molar-refractivity contribution >= 4 is 41.2 Å². The Kier molecular flexibility index (Phi) is 12.0. The Labute approximate surface area is 257 Å². The van der Waals surface area contributed by atoms with E-state index in [0.29, 0.717) is 25.3 Å². The molecule has 11 heteroatoms. The summed E-state index contributed by atoms with van der Waals surface area (Å²) in [4.78, 5) is 75.0. The van der Waals surface area contributed by atoms with E-state index in [9.17, 15) is 28.8 Å². The number of unbranched alkanes of at least 4 members (excludes halogenated alkanes) is 7. The minimum absolute atomic E-state index is 0.0463. The van der Waals surface area contributed by atoms with Crippen molar-refractivity contribution in [2.24, 2.45) is 0 Å². The third kappa shape index (κ3) is 8.98. The molecule has 0 radical (unpaired) electrons. The zero-order valence-electron chi connectivity index (χ0n) is 24.9. The lowest BCUT2D eigenvalue weighted by Crippen LogP contribution is -2.54. The molecule has 2 aliphatic heterocycles. The maximum atomic E-state index is 13.1. The Morgan fingerprint density at radius 1 is 0.841 bits per heavy atom. The standard InChI is InChI=1S/C33H40N4O7/c38-27-19-18-26(31(41)36-27)37-32(42)24-15-12-16-25(30(24)33(37)43)35-21-28(39)34-20-11-6-4-2-1-3-5-10-17-29(40)44-22-23-13-8-7-9-14-23/h7-9,12-16,26,35H,1-6,10-11,17-22H2,(H,34,39)(H,36,38,41). The smallest absolute Gasteiger partial charge is 0.306 e. The van der Waals surface area contributed by atoms with Crippen LogP contribution in [0, 0.1) is 0 Å². The third-order valence-corrected chi connectivity index (χ3v) is 7.78. The van der Waals surface area contributed by atoms with E-state index in [2.05, 4.69) is 16.0 Å². The highest BCUT2D eigenvalue weighted by atomic mass is 16.5. The van der Waals surface area contributed by atoms with Crippen LogP contribution in [0.1, 0.15) is 96.9 Å². The molecule has 0 bridgehead atoms. The van der Waals surface area contributed by atoms with E-state index in [1.807, 2.05) is 30.3 Å². The number of amides is 5. The van der Waals surface area contributed by atoms with E-state index in [4.69, 9.17) is 4.74 Å². The largest absolute Gasteiger partial charge is 0.461 e. The quantitative estimate of drug-likeness (QED) is 0.140. The number of imide groups is 2. The number of ether oxygens (including phenoxy) is 1. The van der Waals surface area contributed by atoms with Crippen molar-refractivity contribution in [1.82, 2.24) is 15.5 Å². The highest BCUT2D eigenvalue weighted by Gasteiger charge is 2.45. The average Bonchev–Trinajstić information content (AvgIpc) is 3.27. The fourth-order valence-corrected chi connectivity index (χ4v) is 5.39. The van der Waals surface area contributed by atoms with Crippen LogP contribution in [0.5, 0.6) is 0 Å². The number of anilines is 1. The SMILES string of the molecule is O=C(CNc1cccc2c1C(=O)N(C1CCC(=O)NC1=O)C2=O)NCCCCCCCCCCC(=O)OCc1ccccc1. The van der Waals surface area contributed by atoms with Crippen LogP contribution < -0.4 is 16.0 Å². The molecule has 1 fully saturated rings. The Morgan fingerprint density at radius 2 is 1.55 bits per heavy atom. The number of esters is 1. The van der Waals surface area contributed by atoms with Gasteiger partial charge in [-0.2, -0.15) is 0 Å². The van der Waals surface area contributed by atoms with E-state index in [-0.39, 0.29) is 42.4 Å². The summed E-state index contributed by atoms with van der Waals surface area (Å²) >= 11 is 0. The molecule has 5 amide bonds. The van der Waals surface area contributed by atoms with Gasteiger partial charge < -0.3 is 15.4 Å². The molecular formula is C33H40N4O7. The fourth-order valence-electron chi connectivity index (χ4n) is 5.39. The second kappa shape index (κ2) is 16.3. The molecule has 2 aliphatic rings. The first kappa shape index (κ1) is 32.4. The van der Waals surface area contributed by atoms with Crippen molar-refractivity contribution in [2.45, 2.75) is 83.3 Å². The minimum Gasteiger partial charge on any atom is -0.461 e. The topological polar surface area (TPSA) is 151 Å². The first-order valence-electron chi connectivity index (χ1n) is 15.4. The molecule has 2 heterocycles. The number of piperidine rings is 1. The Bertz CT molecular complexity index is 1360. The first-order valence-corrected chi connectivity index (χ1v) is 15.4. The zero-order valence-corrected chi connectivity index (χ0v) is 24.9. The van der Waals surface area contributed by atoms with E-state index in [0.717, 1.165) is 61.8 Å². The predicted molar refractivity (Wildman–Crippen MR) is 162 cm³/mol. The van der Waals surface area contributed by atoms with Gasteiger partial charge in [0.05, 0.1) is 17.7 Å². The molecule has 2 aromatic rings. The van der Waals surface area contributed by atoms with Crippen molar-refractivity contribution in [3.05, 3.63) is 65.2 Å². The van der Waals surface area contributed by atoms with Gasteiger partial charge >= 0.3 is 5.97 Å². The minimum atomic E-state index is -1.04. The molecular weight excluding hydrogens is 564 g/mol. The summed E-state index contributed by atoms with van der Waals surface area (Å²) in [5.41, 5.74) is 1.62. The van der Waals surface area contributed by atoms with Crippen LogP contribution >= 0.6 is 0 Å². The van der Waals surface area contributed by atoms with Crippen LogP contribution in [0.2, 0.25) is 0 Å². The van der Waals surface area contributed by atoms with Gasteiger partial charge in [0.1, 0.15) is 12.6 Å². The summed E-state index contributed by atoms with van der Waals surface area (Å²) < 4.78 is 5.30. The molecule has 4 rings (SSSR count). The van der Waals surface area contributed by atoms with Gasteiger partial charge in [-0.05, 0) is 37.0 Å². The van der Waals surface area contributed by atoms with Crippen molar-refractivity contribution in [1.29, 1.82) is 0 Å². The normalized spacial score (nSPS) is 16.0. The molecule has 0 saturated carbocycles. The first-order chi connectivity index (χ1) is 21.3. The molecule has 234 valence electrons. The van der Waals surface area contributed by atoms with E-state index in [1.54, 1.807) is 12.1 Å². The molecule has 1 unspecified atom stereocenters. The van der Waals surface area contributed by atoms with Gasteiger partial charge in [0, 0.05) is 25.1 Å². The van der Waals surface area contributed by atoms with E-state index in [1.165, 1.54) is 6.07 Å². The van der Waals surface area contributed by atoms with Gasteiger partial charge in [-0.25, -0.2) is 0 Å². The summed E-state index contributed by atoms with van der Waals surface area (Å²) in [6, 6.07) is 13.3. The number of carbonyl (C=O) groups is 6. The second-order valence-corrected chi connectivity index (χ2v) is 11.1. The molecule has 11 nitrogen and oxygen atoms in total. The monoisotopic (exact) mass is 604 g/mol. The molecule has 1 atom stereocenters. The lowest BCUT2D eigenvalue weighted by Gasteiger charge is -2.27. The van der Waals surface area contributed by atoms with Gasteiger partial charge in [0.25, 0.3) is 11.8 Å². The number of benzene rings is 2. The van der Waals surface area contributed by atoms with Gasteiger partial charge in [0.15, 0.2) is 0 Å². The lowest BCUT2D eigenvalue weighted by molar-refractivity contribution is -0.145. The summed E-state index contributed by atoms with van der Waals surface area (Å²) in [7, 11) is 0. The Balaban J connectivity index is 1.04. The summed E-state index contributed by atoms with van der Waals surface area (Å²) in [5.74, 6) is -2.70. The lowest BCUT2D eigenvalue weighted by atomic mass is 10.0. The molecule has 44 heavy (non-hydrogen) atoms. The fraction of sp³-hybridized carbons (Fsp3) is 0.455. The van der Waals surface area contributed by atoms with Gasteiger partial charge in [-0.3, -0.25) is 39.0 Å². The number of fused-ring (bicyclic) bond motifs is 1. The van der Waals surface area contributed by atoms with Gasteiger partial charge in [-0.1, -0.05) is 74.9 Å². The summed E-state index contributed by atoms with van der Waals surface area (Å²) in [6.07, 6.45) is 8.63. The van der Waals surface area contributed by atoms with Crippen molar-refractivity contribution in [3.8, 4) is 0 Å². The van der Waals surface area contributed by atoms with Crippen molar-refractivity contribution in [3.63, 3.8) is 0 Å². The Hall–Kier alpha value is -4.54. The zero-order chi connectivity index (χ0) is 31.3. The van der Waals surface area contributed by atoms with Crippen LogP contribution in [-0.2, 0) is 30.5 Å². The number of rotatable bonds is 17. The van der Waals surface area contributed by atoms with E-state index < -0.39 is 29.7 Å². The highest BCUT2D eigenvalue weighted by molar-refractivity contribution is 6.25. The number of hydrogen-bond acceptors (Lipinski definition) is 8. The van der Waals surface area contributed by atoms with Crippen LogP contribution in [0.25, 0.3) is 0 Å². The molecule has 3 N–H and O–H groups in total.